The van der Waals surface area contributed by atoms with E-state index in [2.05, 4.69) is 37.3 Å². The number of anilines is 4. The molecule has 1 aliphatic carbocycles. The molecule has 5 rings (SSSR count). The van der Waals surface area contributed by atoms with Crippen LogP contribution in [0.15, 0.2) is 46.5 Å². The smallest absolute Gasteiger partial charge is 0.306 e. The predicted octanol–water partition coefficient (Wildman–Crippen LogP) is 3.22. The van der Waals surface area contributed by atoms with E-state index in [4.69, 9.17) is 15.8 Å². The number of nitrogen functional groups attached to an aromatic ring is 1. The molecule has 3 heterocycles. The molecular formula is C23H30N8O2S. The van der Waals surface area contributed by atoms with Gasteiger partial charge < -0.3 is 26.0 Å². The second-order valence-electron chi connectivity index (χ2n) is 8.53. The van der Waals surface area contributed by atoms with E-state index in [-0.39, 0.29) is 5.92 Å². The summed E-state index contributed by atoms with van der Waals surface area (Å²) in [5.41, 5.74) is 7.53. The number of nitrogens with zero attached hydrogens (tertiary/aromatic N) is 5. The number of hydrogen-bond donors (Lipinski definition) is 4. The van der Waals surface area contributed by atoms with Gasteiger partial charge in [0.2, 0.25) is 0 Å². The molecule has 1 aromatic carbocycles. The lowest BCUT2D eigenvalue weighted by Crippen LogP contribution is -2.44. The maximum atomic E-state index is 9.76. The molecule has 0 bridgehead atoms. The number of aromatic amines is 1. The number of benzene rings is 1. The summed E-state index contributed by atoms with van der Waals surface area (Å²) in [5, 5.41) is 19.2. The van der Waals surface area contributed by atoms with Gasteiger partial charge in [-0.1, -0.05) is 0 Å². The quantitative estimate of drug-likeness (QED) is 0.306. The fourth-order valence-electron chi connectivity index (χ4n) is 3.30. The molecule has 1 aliphatic heterocycles. The lowest BCUT2D eigenvalue weighted by atomic mass is 10.3. The molecule has 0 amide bonds. The van der Waals surface area contributed by atoms with E-state index in [1.54, 1.807) is 0 Å². The van der Waals surface area contributed by atoms with Gasteiger partial charge in [0.25, 0.3) is 0 Å². The molecule has 11 heteroatoms. The largest absolute Gasteiger partial charge is 0.481 e. The third-order valence-electron chi connectivity index (χ3n) is 5.50. The molecule has 34 heavy (non-hydrogen) atoms. The summed E-state index contributed by atoms with van der Waals surface area (Å²) in [5.74, 6) is 1.79. The minimum Gasteiger partial charge on any atom is -0.481 e. The normalized spacial score (nSPS) is 16.0. The number of nitrogens with one attached hydrogen (secondary N) is 2. The number of aryl methyl sites for hydroxylation is 1. The van der Waals surface area contributed by atoms with Gasteiger partial charge in [-0.25, -0.2) is 9.97 Å². The molecule has 2 aliphatic rings. The van der Waals surface area contributed by atoms with E-state index >= 15 is 0 Å². The van der Waals surface area contributed by atoms with Crippen LogP contribution in [0, 0.1) is 12.8 Å². The monoisotopic (exact) mass is 482 g/mol. The van der Waals surface area contributed by atoms with E-state index < -0.39 is 5.97 Å². The molecule has 0 unspecified atom stereocenters. The SMILES string of the molecule is Cc1cc(Nc2cc(N3CCN(C)CC3)nc(Sc3ccc(N)cc3)n2)n[nH]1.O=C(O)C1CC1. The van der Waals surface area contributed by atoms with Crippen molar-refractivity contribution in [2.24, 2.45) is 5.92 Å². The van der Waals surface area contributed by atoms with Crippen molar-refractivity contribution < 1.29 is 9.90 Å². The lowest BCUT2D eigenvalue weighted by molar-refractivity contribution is -0.138. The van der Waals surface area contributed by atoms with Crippen molar-refractivity contribution in [1.82, 2.24) is 25.1 Å². The van der Waals surface area contributed by atoms with Crippen molar-refractivity contribution in [2.75, 3.05) is 49.2 Å². The highest BCUT2D eigenvalue weighted by Crippen LogP contribution is 2.30. The molecule has 2 fully saturated rings. The average Bonchev–Trinajstić information content (AvgIpc) is 3.59. The lowest BCUT2D eigenvalue weighted by Gasteiger charge is -2.33. The summed E-state index contributed by atoms with van der Waals surface area (Å²) in [6.07, 6.45) is 1.80. The van der Waals surface area contributed by atoms with Crippen molar-refractivity contribution >= 4 is 40.9 Å². The van der Waals surface area contributed by atoms with Crippen LogP contribution in [0.1, 0.15) is 18.5 Å². The van der Waals surface area contributed by atoms with Crippen molar-refractivity contribution in [1.29, 1.82) is 0 Å². The Kier molecular flexibility index (Phi) is 7.53. The highest BCUT2D eigenvalue weighted by atomic mass is 32.2. The van der Waals surface area contributed by atoms with E-state index in [0.717, 1.165) is 72.8 Å². The average molecular weight is 483 g/mol. The molecule has 1 saturated carbocycles. The van der Waals surface area contributed by atoms with Crippen LogP contribution < -0.4 is 16.0 Å². The number of nitrogens with two attached hydrogens (primary N) is 1. The van der Waals surface area contributed by atoms with E-state index in [9.17, 15) is 4.79 Å². The molecule has 3 aromatic rings. The molecule has 5 N–H and O–H groups in total. The number of rotatable bonds is 6. The first-order valence-electron chi connectivity index (χ1n) is 11.2. The zero-order chi connectivity index (χ0) is 24.1. The van der Waals surface area contributed by atoms with E-state index in [0.29, 0.717) is 5.16 Å². The van der Waals surface area contributed by atoms with Gasteiger partial charge in [-0.3, -0.25) is 9.89 Å². The third kappa shape index (κ3) is 6.84. The maximum absolute atomic E-state index is 9.76. The molecule has 2 aromatic heterocycles. The van der Waals surface area contributed by atoms with Crippen LogP contribution in [0.25, 0.3) is 0 Å². The second-order valence-corrected chi connectivity index (χ2v) is 9.57. The van der Waals surface area contributed by atoms with Gasteiger partial charge in [-0.05, 0) is 62.8 Å². The molecule has 180 valence electrons. The summed E-state index contributed by atoms with van der Waals surface area (Å²) in [6.45, 7) is 5.90. The third-order valence-corrected chi connectivity index (χ3v) is 6.37. The highest BCUT2D eigenvalue weighted by Gasteiger charge is 2.28. The first-order valence-corrected chi connectivity index (χ1v) is 12.0. The fraction of sp³-hybridized carbons (Fsp3) is 0.391. The van der Waals surface area contributed by atoms with E-state index in [1.165, 1.54) is 11.8 Å². The first-order chi connectivity index (χ1) is 16.4. The summed E-state index contributed by atoms with van der Waals surface area (Å²) < 4.78 is 0. The highest BCUT2D eigenvalue weighted by molar-refractivity contribution is 7.99. The minimum atomic E-state index is -0.630. The van der Waals surface area contributed by atoms with Crippen molar-refractivity contribution in [3.05, 3.63) is 42.1 Å². The Morgan fingerprint density at radius 2 is 1.82 bits per heavy atom. The van der Waals surface area contributed by atoms with Crippen LogP contribution >= 0.6 is 11.8 Å². The number of piperazine rings is 1. The van der Waals surface area contributed by atoms with E-state index in [1.807, 2.05) is 43.3 Å². The van der Waals surface area contributed by atoms with Crippen LogP contribution in [-0.2, 0) is 4.79 Å². The topological polar surface area (TPSA) is 136 Å². The Balaban J connectivity index is 0.000000398. The standard InChI is InChI=1S/C19H24N8S.C4H6O2/c1-13-11-17(25-24-13)21-16-12-18(27-9-7-26(2)8-10-27)23-19(22-16)28-15-5-3-14(20)4-6-15;5-4(6)3-1-2-3/h3-6,11-12H,7-10,20H2,1-2H3,(H2,21,22,23,24,25);3H,1-2H2,(H,5,6). The van der Waals surface area contributed by atoms with Gasteiger partial charge in [-0.15, -0.1) is 0 Å². The van der Waals surface area contributed by atoms with Crippen LogP contribution in [0.5, 0.6) is 0 Å². The fourth-order valence-corrected chi connectivity index (χ4v) is 4.07. The number of carboxylic acids is 1. The number of likely N-dealkylation sites (N-methyl/N-ethyl adjacent to an activating group) is 1. The number of hydrogen-bond acceptors (Lipinski definition) is 9. The van der Waals surface area contributed by atoms with Crippen LogP contribution in [0.2, 0.25) is 0 Å². The second kappa shape index (κ2) is 10.7. The van der Waals surface area contributed by atoms with Crippen LogP contribution in [0.3, 0.4) is 0 Å². The Labute approximate surface area is 203 Å². The Morgan fingerprint density at radius 1 is 1.12 bits per heavy atom. The number of aliphatic carboxylic acids is 1. The van der Waals surface area contributed by atoms with Gasteiger partial charge in [0, 0.05) is 54.6 Å². The molecule has 10 nitrogen and oxygen atoms in total. The number of carbonyl (C=O) groups is 1. The first kappa shape index (κ1) is 23.8. The van der Waals surface area contributed by atoms with Crippen LogP contribution in [0.4, 0.5) is 23.1 Å². The summed E-state index contributed by atoms with van der Waals surface area (Å²) in [4.78, 5) is 24.9. The summed E-state index contributed by atoms with van der Waals surface area (Å²) in [6, 6.07) is 11.7. The van der Waals surface area contributed by atoms with Gasteiger partial charge in [0.1, 0.15) is 11.6 Å². The molecule has 1 saturated heterocycles. The molecule has 0 spiro atoms. The minimum absolute atomic E-state index is 0.0185. The van der Waals surface area contributed by atoms with Crippen molar-refractivity contribution in [2.45, 2.75) is 29.8 Å². The Bertz CT molecular complexity index is 1110. The number of carboxylic acid groups (broad SMARTS) is 1. The van der Waals surface area contributed by atoms with Gasteiger partial charge in [0.15, 0.2) is 11.0 Å². The Morgan fingerprint density at radius 3 is 2.38 bits per heavy atom. The predicted molar refractivity (Wildman–Crippen MR) is 134 cm³/mol. The maximum Gasteiger partial charge on any atom is 0.306 e. The zero-order valence-electron chi connectivity index (χ0n) is 19.4. The van der Waals surface area contributed by atoms with Gasteiger partial charge in [0.05, 0.1) is 5.92 Å². The van der Waals surface area contributed by atoms with Crippen LogP contribution in [-0.4, -0.2) is 69.4 Å². The van der Waals surface area contributed by atoms with Crippen molar-refractivity contribution in [3.8, 4) is 0 Å². The Hall–Kier alpha value is -3.31. The summed E-state index contributed by atoms with van der Waals surface area (Å²) >= 11 is 1.52. The number of aromatic nitrogens is 4. The van der Waals surface area contributed by atoms with Gasteiger partial charge in [-0.2, -0.15) is 5.10 Å². The zero-order valence-corrected chi connectivity index (χ0v) is 20.2. The summed E-state index contributed by atoms with van der Waals surface area (Å²) in [7, 11) is 2.15. The van der Waals surface area contributed by atoms with Crippen molar-refractivity contribution in [3.63, 3.8) is 0 Å². The molecule has 0 atom stereocenters. The number of H-pyrrole nitrogens is 1. The molecular weight excluding hydrogens is 452 g/mol. The van der Waals surface area contributed by atoms with Gasteiger partial charge >= 0.3 is 5.97 Å². The molecule has 0 radical (unpaired) electrons.